The normalized spacial score (nSPS) is 12.2. The molecule has 0 saturated heterocycles. The van der Waals surface area contributed by atoms with Crippen molar-refractivity contribution in [3.63, 3.8) is 0 Å². The first-order valence-electron chi connectivity index (χ1n) is 6.33. The molecule has 4 nitrogen and oxygen atoms in total. The lowest BCUT2D eigenvalue weighted by Crippen LogP contribution is -2.12. The Morgan fingerprint density at radius 3 is 3.00 bits per heavy atom. The van der Waals surface area contributed by atoms with Gasteiger partial charge in [-0.25, -0.2) is 0 Å². The molecule has 0 spiro atoms. The molecule has 1 aliphatic heterocycles. The van der Waals surface area contributed by atoms with Gasteiger partial charge in [0, 0.05) is 17.7 Å². The number of amides is 1. The molecular weight excluding hydrogens is 252 g/mol. The summed E-state index contributed by atoms with van der Waals surface area (Å²) in [4.78, 5) is 12.2. The van der Waals surface area contributed by atoms with E-state index in [2.05, 4.69) is 5.32 Å². The fourth-order valence-corrected chi connectivity index (χ4v) is 2.20. The Morgan fingerprint density at radius 2 is 2.15 bits per heavy atom. The van der Waals surface area contributed by atoms with Crippen LogP contribution in [0.3, 0.4) is 0 Å². The van der Waals surface area contributed by atoms with Gasteiger partial charge < -0.3 is 10.1 Å². The van der Waals surface area contributed by atoms with E-state index >= 15 is 0 Å². The number of hydrogen-bond donors (Lipinski definition) is 1. The van der Waals surface area contributed by atoms with Crippen LogP contribution in [-0.2, 0) is 6.42 Å². The number of anilines is 1. The first-order chi connectivity index (χ1) is 9.76. The minimum Gasteiger partial charge on any atom is -0.493 e. The van der Waals surface area contributed by atoms with Crippen molar-refractivity contribution in [2.45, 2.75) is 6.42 Å². The average molecular weight is 264 g/mol. The number of nitriles is 1. The van der Waals surface area contributed by atoms with Crippen LogP contribution in [0.2, 0.25) is 0 Å². The smallest absolute Gasteiger partial charge is 0.255 e. The van der Waals surface area contributed by atoms with E-state index in [9.17, 15) is 4.79 Å². The third-order valence-electron chi connectivity index (χ3n) is 3.20. The fourth-order valence-electron chi connectivity index (χ4n) is 2.20. The number of ether oxygens (including phenoxy) is 1. The Kier molecular flexibility index (Phi) is 3.10. The van der Waals surface area contributed by atoms with E-state index in [1.165, 1.54) is 0 Å². The number of nitrogens with zero attached hydrogens (tertiary/aromatic N) is 1. The average Bonchev–Trinajstić information content (AvgIpc) is 2.94. The van der Waals surface area contributed by atoms with E-state index in [1.807, 2.05) is 18.2 Å². The van der Waals surface area contributed by atoms with Gasteiger partial charge in [-0.15, -0.1) is 0 Å². The summed E-state index contributed by atoms with van der Waals surface area (Å²) < 4.78 is 5.41. The van der Waals surface area contributed by atoms with Crippen LogP contribution in [0.15, 0.2) is 42.5 Å². The van der Waals surface area contributed by atoms with Crippen LogP contribution in [0, 0.1) is 11.3 Å². The Labute approximate surface area is 116 Å². The molecule has 0 aromatic heterocycles. The van der Waals surface area contributed by atoms with Gasteiger partial charge in [-0.3, -0.25) is 4.79 Å². The summed E-state index contributed by atoms with van der Waals surface area (Å²) in [6, 6.07) is 14.3. The highest BCUT2D eigenvalue weighted by atomic mass is 16.5. The van der Waals surface area contributed by atoms with Crippen molar-refractivity contribution < 1.29 is 9.53 Å². The molecule has 1 aliphatic rings. The van der Waals surface area contributed by atoms with Crippen molar-refractivity contribution in [3.05, 3.63) is 59.2 Å². The maximum absolute atomic E-state index is 12.2. The Bertz CT molecular complexity index is 717. The minimum absolute atomic E-state index is 0.185. The van der Waals surface area contributed by atoms with Crippen LogP contribution in [0.25, 0.3) is 0 Å². The number of carbonyl (C=O) groups excluding carboxylic acids is 1. The van der Waals surface area contributed by atoms with Gasteiger partial charge in [0.15, 0.2) is 0 Å². The van der Waals surface area contributed by atoms with Crippen molar-refractivity contribution in [2.75, 3.05) is 11.9 Å². The van der Waals surface area contributed by atoms with Crippen molar-refractivity contribution >= 4 is 11.6 Å². The predicted octanol–water partition coefficient (Wildman–Crippen LogP) is 2.75. The number of rotatable bonds is 2. The highest BCUT2D eigenvalue weighted by Gasteiger charge is 2.15. The molecular formula is C16H12N2O2. The molecule has 0 saturated carbocycles. The van der Waals surface area contributed by atoms with Crippen LogP contribution in [0.4, 0.5) is 5.69 Å². The Morgan fingerprint density at radius 1 is 1.25 bits per heavy atom. The lowest BCUT2D eigenvalue weighted by molar-refractivity contribution is 0.102. The monoisotopic (exact) mass is 264 g/mol. The third-order valence-corrected chi connectivity index (χ3v) is 3.20. The zero-order valence-corrected chi connectivity index (χ0v) is 10.7. The number of carbonyl (C=O) groups is 1. The summed E-state index contributed by atoms with van der Waals surface area (Å²) in [7, 11) is 0. The molecule has 3 rings (SSSR count). The molecule has 0 aliphatic carbocycles. The second-order valence-electron chi connectivity index (χ2n) is 4.57. The molecule has 0 bridgehead atoms. The maximum Gasteiger partial charge on any atom is 0.255 e. The van der Waals surface area contributed by atoms with Crippen molar-refractivity contribution in [1.29, 1.82) is 5.26 Å². The van der Waals surface area contributed by atoms with E-state index in [1.54, 1.807) is 30.3 Å². The Balaban J connectivity index is 1.81. The van der Waals surface area contributed by atoms with Crippen molar-refractivity contribution in [3.8, 4) is 11.8 Å². The van der Waals surface area contributed by atoms with E-state index in [0.717, 1.165) is 17.7 Å². The SMILES string of the molecule is N#Cc1cccc(NC(=O)c2ccc3c(c2)CCO3)c1. The molecule has 0 atom stereocenters. The largest absolute Gasteiger partial charge is 0.493 e. The van der Waals surface area contributed by atoms with Gasteiger partial charge in [-0.2, -0.15) is 5.26 Å². The van der Waals surface area contributed by atoms with Gasteiger partial charge in [-0.1, -0.05) is 6.07 Å². The van der Waals surface area contributed by atoms with Crippen LogP contribution >= 0.6 is 0 Å². The van der Waals surface area contributed by atoms with Gasteiger partial charge in [0.1, 0.15) is 5.75 Å². The zero-order valence-electron chi connectivity index (χ0n) is 10.7. The fraction of sp³-hybridized carbons (Fsp3) is 0.125. The predicted molar refractivity (Wildman–Crippen MR) is 74.8 cm³/mol. The molecule has 4 heteroatoms. The summed E-state index contributed by atoms with van der Waals surface area (Å²) in [5.74, 6) is 0.669. The Hall–Kier alpha value is -2.80. The molecule has 0 fully saturated rings. The molecule has 98 valence electrons. The second kappa shape index (κ2) is 5.06. The first kappa shape index (κ1) is 12.2. The van der Waals surface area contributed by atoms with E-state index < -0.39 is 0 Å². The van der Waals surface area contributed by atoms with E-state index in [0.29, 0.717) is 23.4 Å². The lowest BCUT2D eigenvalue weighted by Gasteiger charge is -2.06. The quantitative estimate of drug-likeness (QED) is 0.907. The summed E-state index contributed by atoms with van der Waals surface area (Å²) in [6.45, 7) is 0.671. The second-order valence-corrected chi connectivity index (χ2v) is 4.57. The van der Waals surface area contributed by atoms with E-state index in [-0.39, 0.29) is 5.91 Å². The third kappa shape index (κ3) is 2.34. The molecule has 2 aromatic carbocycles. The van der Waals surface area contributed by atoms with Gasteiger partial charge in [0.05, 0.1) is 18.2 Å². The molecule has 0 radical (unpaired) electrons. The number of benzene rings is 2. The molecule has 1 heterocycles. The maximum atomic E-state index is 12.2. The summed E-state index contributed by atoms with van der Waals surface area (Å²) in [6.07, 6.45) is 0.834. The van der Waals surface area contributed by atoms with Gasteiger partial charge in [-0.05, 0) is 42.0 Å². The molecule has 2 aromatic rings. The van der Waals surface area contributed by atoms with Crippen LogP contribution in [0.1, 0.15) is 21.5 Å². The number of fused-ring (bicyclic) bond motifs is 1. The van der Waals surface area contributed by atoms with Crippen molar-refractivity contribution in [1.82, 2.24) is 0 Å². The number of hydrogen-bond acceptors (Lipinski definition) is 3. The summed E-state index contributed by atoms with van der Waals surface area (Å²) in [5.41, 5.74) is 2.79. The van der Waals surface area contributed by atoms with Gasteiger partial charge in [0.25, 0.3) is 5.91 Å². The van der Waals surface area contributed by atoms with Gasteiger partial charge >= 0.3 is 0 Å². The van der Waals surface area contributed by atoms with Crippen LogP contribution in [0.5, 0.6) is 5.75 Å². The van der Waals surface area contributed by atoms with Crippen LogP contribution in [-0.4, -0.2) is 12.5 Å². The topological polar surface area (TPSA) is 62.1 Å². The molecule has 20 heavy (non-hydrogen) atoms. The molecule has 0 unspecified atom stereocenters. The standard InChI is InChI=1S/C16H12N2O2/c17-10-11-2-1-3-14(8-11)18-16(19)13-4-5-15-12(9-13)6-7-20-15/h1-5,8-9H,6-7H2,(H,18,19). The molecule has 1 amide bonds. The van der Waals surface area contributed by atoms with Gasteiger partial charge in [0.2, 0.25) is 0 Å². The highest BCUT2D eigenvalue weighted by Crippen LogP contribution is 2.26. The molecule has 1 N–H and O–H groups in total. The van der Waals surface area contributed by atoms with E-state index in [4.69, 9.17) is 10.00 Å². The first-order valence-corrected chi connectivity index (χ1v) is 6.33. The lowest BCUT2D eigenvalue weighted by atomic mass is 10.1. The highest BCUT2D eigenvalue weighted by molar-refractivity contribution is 6.04. The minimum atomic E-state index is -0.185. The number of nitrogens with one attached hydrogen (secondary N) is 1. The van der Waals surface area contributed by atoms with Crippen LogP contribution < -0.4 is 10.1 Å². The van der Waals surface area contributed by atoms with Crippen molar-refractivity contribution in [2.24, 2.45) is 0 Å². The summed E-state index contributed by atoms with van der Waals surface area (Å²) >= 11 is 0. The summed E-state index contributed by atoms with van der Waals surface area (Å²) in [5, 5.41) is 11.6. The zero-order chi connectivity index (χ0) is 13.9.